The van der Waals surface area contributed by atoms with Gasteiger partial charge in [-0.05, 0) is 49.1 Å². The molecule has 4 nitrogen and oxygen atoms in total. The molecule has 0 aliphatic carbocycles. The first-order chi connectivity index (χ1) is 14.5. The second-order valence-corrected chi connectivity index (χ2v) is 22.0. The van der Waals surface area contributed by atoms with Crippen molar-refractivity contribution < 1.29 is 18.4 Å². The Morgan fingerprint density at radius 3 is 0.938 bits per heavy atom. The van der Waals surface area contributed by atoms with E-state index in [9.17, 15) is 9.59 Å². The van der Waals surface area contributed by atoms with Gasteiger partial charge < -0.3 is 8.85 Å². The van der Waals surface area contributed by atoms with Gasteiger partial charge in [-0.1, -0.05) is 92.9 Å². The van der Waals surface area contributed by atoms with E-state index >= 15 is 0 Å². The molecule has 0 radical (unpaired) electrons. The molecule has 0 heterocycles. The summed E-state index contributed by atoms with van der Waals surface area (Å²) < 4.78 is 11.6. The Morgan fingerprint density at radius 2 is 0.719 bits per heavy atom. The van der Waals surface area contributed by atoms with Crippen LogP contribution in [0.5, 0.6) is 0 Å². The summed E-state index contributed by atoms with van der Waals surface area (Å²) in [5.41, 5.74) is 0. The molecule has 190 valence electrons. The predicted octanol–water partition coefficient (Wildman–Crippen LogP) is 8.76. The highest BCUT2D eigenvalue weighted by Crippen LogP contribution is 2.37. The van der Waals surface area contributed by atoms with Gasteiger partial charge in [-0.2, -0.15) is 0 Å². The quantitative estimate of drug-likeness (QED) is 0.171. The summed E-state index contributed by atoms with van der Waals surface area (Å²) in [6, 6.07) is 0. The minimum atomic E-state index is -1.97. The van der Waals surface area contributed by atoms with Crippen molar-refractivity contribution in [2.75, 3.05) is 0 Å². The van der Waals surface area contributed by atoms with E-state index in [1.165, 1.54) is 38.5 Å². The molecular weight excluding hydrogens is 432 g/mol. The molecule has 6 heteroatoms. The molecule has 0 unspecified atom stereocenters. The minimum Gasteiger partial charge on any atom is -0.519 e. The third kappa shape index (κ3) is 13.2. The van der Waals surface area contributed by atoms with Crippen molar-refractivity contribution in [1.82, 2.24) is 0 Å². The van der Waals surface area contributed by atoms with Gasteiger partial charge in [0, 0.05) is 12.8 Å². The molecule has 0 saturated heterocycles. The molecule has 0 bridgehead atoms. The van der Waals surface area contributed by atoms with Crippen LogP contribution in [0.2, 0.25) is 36.3 Å². The van der Waals surface area contributed by atoms with Crippen LogP contribution in [0.25, 0.3) is 0 Å². The van der Waals surface area contributed by atoms with E-state index in [-0.39, 0.29) is 22.0 Å². The van der Waals surface area contributed by atoms with Gasteiger partial charge in [-0.25, -0.2) is 0 Å². The summed E-state index contributed by atoms with van der Waals surface area (Å²) in [5, 5.41) is 0.160. The summed E-state index contributed by atoms with van der Waals surface area (Å²) in [5.74, 6) is -0.0189. The van der Waals surface area contributed by atoms with Crippen molar-refractivity contribution >= 4 is 28.6 Å². The Morgan fingerprint density at radius 1 is 0.500 bits per heavy atom. The van der Waals surface area contributed by atoms with Crippen molar-refractivity contribution in [1.29, 1.82) is 0 Å². The van der Waals surface area contributed by atoms with Crippen LogP contribution in [-0.4, -0.2) is 28.6 Å². The summed E-state index contributed by atoms with van der Waals surface area (Å²) in [6.45, 7) is 21.5. The fraction of sp³-hybridized carbons (Fsp3) is 0.923. The van der Waals surface area contributed by atoms with E-state index in [1.54, 1.807) is 0 Å². The number of hydrogen-bond donors (Lipinski definition) is 0. The van der Waals surface area contributed by atoms with Gasteiger partial charge in [0.15, 0.2) is 0 Å². The number of unbranched alkanes of at least 4 members (excludes halogenated alkanes) is 9. The summed E-state index contributed by atoms with van der Waals surface area (Å²) in [4.78, 5) is 24.2. The Labute approximate surface area is 201 Å². The predicted molar refractivity (Wildman–Crippen MR) is 142 cm³/mol. The Balaban J connectivity index is 3.63. The van der Waals surface area contributed by atoms with Gasteiger partial charge in [0.1, 0.15) is 0 Å². The van der Waals surface area contributed by atoms with E-state index in [4.69, 9.17) is 8.85 Å². The summed E-state index contributed by atoms with van der Waals surface area (Å²) in [7, 11) is -3.93. The van der Waals surface area contributed by atoms with E-state index in [2.05, 4.69) is 67.7 Å². The lowest BCUT2D eigenvalue weighted by molar-refractivity contribution is -0.136. The molecule has 0 aliphatic rings. The number of carbonyl (C=O) groups excluding carboxylic acids is 2. The lowest BCUT2D eigenvalue weighted by Gasteiger charge is -2.35. The second-order valence-electron chi connectivity index (χ2n) is 12.5. The first-order valence-electron chi connectivity index (χ1n) is 12.9. The zero-order valence-corrected chi connectivity index (χ0v) is 25.1. The maximum Gasteiger partial charge on any atom is 0.292 e. The number of hydrogen-bond acceptors (Lipinski definition) is 4. The first kappa shape index (κ1) is 31.4. The first-order valence-corrected chi connectivity index (χ1v) is 18.7. The summed E-state index contributed by atoms with van der Waals surface area (Å²) >= 11 is 0. The largest absolute Gasteiger partial charge is 0.519 e. The smallest absolute Gasteiger partial charge is 0.292 e. The van der Waals surface area contributed by atoms with Gasteiger partial charge in [0.25, 0.3) is 28.6 Å². The average molecular weight is 487 g/mol. The highest BCUT2D eigenvalue weighted by atomic mass is 28.4. The molecule has 0 aromatic carbocycles. The van der Waals surface area contributed by atoms with Crippen molar-refractivity contribution in [3.05, 3.63) is 0 Å². The standard InChI is InChI=1S/C26H54O4Si2/c1-25(2,3)31(7,8)29-23(27)21-19-17-15-13-11-12-14-16-18-20-22-24(28)30-32(9,10)26(4,5)6/h11-22H2,1-10H3. The van der Waals surface area contributed by atoms with Crippen LogP contribution in [0.3, 0.4) is 0 Å². The molecule has 0 amide bonds. The molecule has 0 N–H and O–H groups in total. The monoisotopic (exact) mass is 486 g/mol. The SMILES string of the molecule is CC(C)(C)[Si](C)(C)OC(=O)CCCCCCCCCCCCC(=O)O[Si](C)(C)C(C)(C)C. The molecule has 0 aromatic heterocycles. The van der Waals surface area contributed by atoms with Crippen molar-refractivity contribution in [3.8, 4) is 0 Å². The lowest BCUT2D eigenvalue weighted by Crippen LogP contribution is -2.42. The zero-order valence-electron chi connectivity index (χ0n) is 23.1. The molecule has 0 fully saturated rings. The second kappa shape index (κ2) is 13.9. The van der Waals surface area contributed by atoms with E-state index < -0.39 is 16.6 Å². The normalized spacial score (nSPS) is 13.2. The molecule has 0 aromatic rings. The Kier molecular flexibility index (Phi) is 13.7. The molecule has 32 heavy (non-hydrogen) atoms. The molecule has 0 aliphatic heterocycles. The van der Waals surface area contributed by atoms with Crippen molar-refractivity contribution in [3.63, 3.8) is 0 Å². The minimum absolute atomic E-state index is 0.00946. The fourth-order valence-electron chi connectivity index (χ4n) is 2.93. The average Bonchev–Trinajstić information content (AvgIpc) is 2.59. The molecular formula is C26H54O4Si2. The highest BCUT2D eigenvalue weighted by Gasteiger charge is 2.41. The number of carbonyl (C=O) groups is 2. The zero-order chi connectivity index (χ0) is 25.1. The molecule has 0 saturated carbocycles. The van der Waals surface area contributed by atoms with Gasteiger partial charge in [0.05, 0.1) is 0 Å². The van der Waals surface area contributed by atoms with Crippen LogP contribution >= 0.6 is 0 Å². The Bertz CT molecular complexity index is 507. The van der Waals surface area contributed by atoms with Crippen LogP contribution in [0, 0.1) is 0 Å². The van der Waals surface area contributed by atoms with Crippen molar-refractivity contribution in [2.45, 2.75) is 155 Å². The molecule has 0 spiro atoms. The van der Waals surface area contributed by atoms with Gasteiger partial charge >= 0.3 is 0 Å². The molecule has 0 rings (SSSR count). The third-order valence-corrected chi connectivity index (χ3v) is 16.1. The Hall–Kier alpha value is -0.626. The maximum absolute atomic E-state index is 12.1. The van der Waals surface area contributed by atoms with E-state index in [0.29, 0.717) is 12.8 Å². The van der Waals surface area contributed by atoms with Crippen LogP contribution in [0.1, 0.15) is 119 Å². The topological polar surface area (TPSA) is 52.6 Å². The van der Waals surface area contributed by atoms with Crippen molar-refractivity contribution in [2.24, 2.45) is 0 Å². The van der Waals surface area contributed by atoms with Crippen LogP contribution in [-0.2, 0) is 18.4 Å². The third-order valence-electron chi connectivity index (χ3n) is 7.36. The highest BCUT2D eigenvalue weighted by molar-refractivity contribution is 6.75. The maximum atomic E-state index is 12.1. The van der Waals surface area contributed by atoms with Crippen LogP contribution < -0.4 is 0 Å². The number of rotatable bonds is 15. The van der Waals surface area contributed by atoms with E-state index in [1.807, 2.05) is 0 Å². The van der Waals surface area contributed by atoms with Crippen LogP contribution in [0.15, 0.2) is 0 Å². The van der Waals surface area contributed by atoms with E-state index in [0.717, 1.165) is 25.7 Å². The van der Waals surface area contributed by atoms with Gasteiger partial charge in [-0.15, -0.1) is 0 Å². The fourth-order valence-corrected chi connectivity index (χ4v) is 4.89. The lowest BCUT2D eigenvalue weighted by atomic mass is 10.1. The van der Waals surface area contributed by atoms with Crippen LogP contribution in [0.4, 0.5) is 0 Å². The van der Waals surface area contributed by atoms with Gasteiger partial charge in [-0.3, -0.25) is 9.59 Å². The summed E-state index contributed by atoms with van der Waals surface area (Å²) in [6.07, 6.45) is 12.7. The van der Waals surface area contributed by atoms with Gasteiger partial charge in [0.2, 0.25) is 0 Å². The molecule has 0 atom stereocenters.